The predicted molar refractivity (Wildman–Crippen MR) is 70.1 cm³/mol. The third-order valence-electron chi connectivity index (χ3n) is 2.39. The minimum atomic E-state index is 0.726. The fraction of sp³-hybridized carbons (Fsp3) is 0.467. The van der Waals surface area contributed by atoms with Gasteiger partial charge in [0.1, 0.15) is 0 Å². The van der Waals surface area contributed by atoms with Gasteiger partial charge in [0.2, 0.25) is 0 Å². The molecule has 1 aromatic rings. The fourth-order valence-electron chi connectivity index (χ4n) is 1.62. The third-order valence-corrected chi connectivity index (χ3v) is 2.39. The van der Waals surface area contributed by atoms with Crippen molar-refractivity contribution in [2.45, 2.75) is 33.7 Å². The molecular weight excluding hydrogens is 194 g/mol. The van der Waals surface area contributed by atoms with Gasteiger partial charge in [0, 0.05) is 6.54 Å². The summed E-state index contributed by atoms with van der Waals surface area (Å²) in [5.74, 6) is 6.59. The van der Waals surface area contributed by atoms with Gasteiger partial charge in [-0.05, 0) is 30.4 Å². The summed E-state index contributed by atoms with van der Waals surface area (Å²) >= 11 is 0. The molecule has 0 aliphatic rings. The molecule has 0 radical (unpaired) electrons. The van der Waals surface area contributed by atoms with E-state index in [9.17, 15) is 0 Å². The quantitative estimate of drug-likeness (QED) is 0.588. The molecule has 0 aliphatic heterocycles. The first kappa shape index (κ1) is 12.8. The van der Waals surface area contributed by atoms with E-state index in [-0.39, 0.29) is 0 Å². The Bertz CT molecular complexity index is 351. The van der Waals surface area contributed by atoms with Crippen LogP contribution in [0.25, 0.3) is 0 Å². The first-order chi connectivity index (χ1) is 7.72. The molecule has 0 aliphatic carbocycles. The Morgan fingerprint density at radius 2 is 1.75 bits per heavy atom. The average Bonchev–Trinajstić information content (AvgIpc) is 2.26. The van der Waals surface area contributed by atoms with Gasteiger partial charge >= 0.3 is 0 Å². The predicted octanol–water partition coefficient (Wildman–Crippen LogP) is 3.00. The van der Waals surface area contributed by atoms with E-state index in [2.05, 4.69) is 55.3 Å². The lowest BCUT2D eigenvalue weighted by atomic mass is 10.0. The zero-order valence-electron chi connectivity index (χ0n) is 10.5. The van der Waals surface area contributed by atoms with Crippen LogP contribution in [0.15, 0.2) is 24.3 Å². The molecule has 1 nitrogen and oxygen atoms in total. The maximum atomic E-state index is 3.29. The number of benzene rings is 1. The van der Waals surface area contributed by atoms with Crippen molar-refractivity contribution in [1.29, 1.82) is 0 Å². The second-order valence-corrected chi connectivity index (χ2v) is 4.44. The molecule has 1 N–H and O–H groups in total. The lowest BCUT2D eigenvalue weighted by molar-refractivity contribution is 0.647. The van der Waals surface area contributed by atoms with Crippen molar-refractivity contribution in [1.82, 2.24) is 5.32 Å². The van der Waals surface area contributed by atoms with Gasteiger partial charge in [0.05, 0.1) is 6.54 Å². The average molecular weight is 215 g/mol. The van der Waals surface area contributed by atoms with E-state index in [1.807, 2.05) is 6.92 Å². The molecule has 0 unspecified atom stereocenters. The Kier molecular flexibility index (Phi) is 5.67. The lowest BCUT2D eigenvalue weighted by Crippen LogP contribution is -2.13. The summed E-state index contributed by atoms with van der Waals surface area (Å²) in [5.41, 5.74) is 2.75. The van der Waals surface area contributed by atoms with E-state index in [0.717, 1.165) is 25.4 Å². The molecule has 1 heteroatoms. The number of rotatable bonds is 5. The topological polar surface area (TPSA) is 12.0 Å². The van der Waals surface area contributed by atoms with E-state index in [1.54, 1.807) is 0 Å². The van der Waals surface area contributed by atoms with E-state index in [4.69, 9.17) is 0 Å². The largest absolute Gasteiger partial charge is 0.302 e. The lowest BCUT2D eigenvalue weighted by Gasteiger charge is -2.06. The summed E-state index contributed by atoms with van der Waals surface area (Å²) in [6.07, 6.45) is 1.16. The van der Waals surface area contributed by atoms with Crippen molar-refractivity contribution < 1.29 is 0 Å². The van der Waals surface area contributed by atoms with Gasteiger partial charge in [-0.25, -0.2) is 0 Å². The normalized spacial score (nSPS) is 10.0. The zero-order valence-corrected chi connectivity index (χ0v) is 10.5. The van der Waals surface area contributed by atoms with Gasteiger partial charge in [0.25, 0.3) is 0 Å². The minimum absolute atomic E-state index is 0.726. The molecule has 1 rings (SSSR count). The summed E-state index contributed by atoms with van der Waals surface area (Å²) in [4.78, 5) is 0. The maximum absolute atomic E-state index is 3.29. The molecule has 86 valence electrons. The molecule has 0 heterocycles. The van der Waals surface area contributed by atoms with Gasteiger partial charge in [-0.1, -0.05) is 44.0 Å². The molecule has 1 aromatic carbocycles. The van der Waals surface area contributed by atoms with Crippen LogP contribution in [0.3, 0.4) is 0 Å². The van der Waals surface area contributed by atoms with Crippen LogP contribution >= 0.6 is 0 Å². The summed E-state index contributed by atoms with van der Waals surface area (Å²) in [7, 11) is 0. The Hall–Kier alpha value is -1.26. The minimum Gasteiger partial charge on any atom is -0.302 e. The highest BCUT2D eigenvalue weighted by Gasteiger charge is 1.97. The van der Waals surface area contributed by atoms with Crippen molar-refractivity contribution in [3.05, 3.63) is 35.4 Å². The molecule has 0 bridgehead atoms. The van der Waals surface area contributed by atoms with Gasteiger partial charge in [-0.2, -0.15) is 0 Å². The third kappa shape index (κ3) is 5.00. The Labute approximate surface area is 99.3 Å². The second kappa shape index (κ2) is 7.09. The van der Waals surface area contributed by atoms with E-state index < -0.39 is 0 Å². The molecule has 0 fully saturated rings. The monoisotopic (exact) mass is 215 g/mol. The molecule has 0 aromatic heterocycles. The van der Waals surface area contributed by atoms with Crippen LogP contribution < -0.4 is 5.32 Å². The maximum Gasteiger partial charge on any atom is 0.0578 e. The summed E-state index contributed by atoms with van der Waals surface area (Å²) in [6.45, 7) is 8.03. The van der Waals surface area contributed by atoms with E-state index in [1.165, 1.54) is 11.1 Å². The molecule has 0 spiro atoms. The molecule has 0 saturated carbocycles. The van der Waals surface area contributed by atoms with E-state index in [0.29, 0.717) is 0 Å². The fourth-order valence-corrected chi connectivity index (χ4v) is 1.62. The van der Waals surface area contributed by atoms with E-state index >= 15 is 0 Å². The van der Waals surface area contributed by atoms with Crippen molar-refractivity contribution in [3.63, 3.8) is 0 Å². The highest BCUT2D eigenvalue weighted by molar-refractivity contribution is 5.22. The Morgan fingerprint density at radius 3 is 2.31 bits per heavy atom. The van der Waals surface area contributed by atoms with Crippen molar-refractivity contribution in [3.8, 4) is 11.8 Å². The molecular formula is C15H21N. The summed E-state index contributed by atoms with van der Waals surface area (Å²) in [5, 5.41) is 3.29. The van der Waals surface area contributed by atoms with Crippen molar-refractivity contribution in [2.24, 2.45) is 5.92 Å². The van der Waals surface area contributed by atoms with Crippen LogP contribution in [-0.2, 0) is 13.0 Å². The van der Waals surface area contributed by atoms with Gasteiger partial charge in [-0.3, -0.25) is 0 Å². The SMILES string of the molecule is CC#CCNCc1ccc(CC(C)C)cc1. The van der Waals surface area contributed by atoms with Crippen LogP contribution in [0.4, 0.5) is 0 Å². The van der Waals surface area contributed by atoms with Crippen molar-refractivity contribution >= 4 is 0 Å². The number of hydrogen-bond acceptors (Lipinski definition) is 1. The molecule has 0 atom stereocenters. The number of nitrogens with one attached hydrogen (secondary N) is 1. The first-order valence-electron chi connectivity index (χ1n) is 5.90. The van der Waals surface area contributed by atoms with Gasteiger partial charge < -0.3 is 5.32 Å². The Balaban J connectivity index is 2.41. The van der Waals surface area contributed by atoms with Crippen LogP contribution in [0, 0.1) is 17.8 Å². The number of hydrogen-bond donors (Lipinski definition) is 1. The molecule has 0 saturated heterocycles. The second-order valence-electron chi connectivity index (χ2n) is 4.44. The zero-order chi connectivity index (χ0) is 11.8. The van der Waals surface area contributed by atoms with Crippen molar-refractivity contribution in [2.75, 3.05) is 6.54 Å². The Morgan fingerprint density at radius 1 is 1.12 bits per heavy atom. The first-order valence-corrected chi connectivity index (χ1v) is 5.90. The highest BCUT2D eigenvalue weighted by Crippen LogP contribution is 2.09. The highest BCUT2D eigenvalue weighted by atomic mass is 14.8. The van der Waals surface area contributed by atoms with Gasteiger partial charge in [0.15, 0.2) is 0 Å². The van der Waals surface area contributed by atoms with Crippen LogP contribution in [0.5, 0.6) is 0 Å². The molecule has 16 heavy (non-hydrogen) atoms. The van der Waals surface area contributed by atoms with Gasteiger partial charge in [-0.15, -0.1) is 5.92 Å². The van der Waals surface area contributed by atoms with Crippen LogP contribution in [0.2, 0.25) is 0 Å². The molecule has 0 amide bonds. The summed E-state index contributed by atoms with van der Waals surface area (Å²) in [6, 6.07) is 8.85. The van der Waals surface area contributed by atoms with Crippen LogP contribution in [0.1, 0.15) is 31.9 Å². The standard InChI is InChI=1S/C15H21N/c1-4-5-10-16-12-15-8-6-14(7-9-15)11-13(2)3/h6-9,13,16H,10-12H2,1-3H3. The summed E-state index contributed by atoms with van der Waals surface area (Å²) < 4.78 is 0. The smallest absolute Gasteiger partial charge is 0.0578 e. The van der Waals surface area contributed by atoms with Crippen LogP contribution in [-0.4, -0.2) is 6.54 Å².